The summed E-state index contributed by atoms with van der Waals surface area (Å²) in [4.78, 5) is 0. The van der Waals surface area contributed by atoms with Crippen molar-refractivity contribution in [1.82, 2.24) is 0 Å². The molecule has 1 atom stereocenters. The van der Waals surface area contributed by atoms with E-state index in [0.717, 1.165) is 0 Å². The summed E-state index contributed by atoms with van der Waals surface area (Å²) >= 11 is 0. The Balaban J connectivity index is 4.54. The maximum atomic E-state index is 5.32. The van der Waals surface area contributed by atoms with Gasteiger partial charge >= 0.3 is 5.97 Å². The number of methoxy groups -OCH3 is 3. The van der Waals surface area contributed by atoms with Crippen LogP contribution in [-0.2, 0) is 18.6 Å². The van der Waals surface area contributed by atoms with Crippen molar-refractivity contribution in [2.45, 2.75) is 18.5 Å². The highest BCUT2D eigenvalue weighted by Crippen LogP contribution is 2.22. The summed E-state index contributed by atoms with van der Waals surface area (Å²) in [6.07, 6.45) is 2.10. The van der Waals surface area contributed by atoms with E-state index in [4.69, 9.17) is 18.6 Å². The summed E-state index contributed by atoms with van der Waals surface area (Å²) in [5, 5.41) is 0. The van der Waals surface area contributed by atoms with Gasteiger partial charge in [-0.05, 0) is 6.42 Å². The van der Waals surface area contributed by atoms with E-state index in [2.05, 4.69) is 6.58 Å². The summed E-state index contributed by atoms with van der Waals surface area (Å²) in [6, 6.07) is 0. The first kappa shape index (κ1) is 12.8. The lowest BCUT2D eigenvalue weighted by atomic mass is 10.2. The fourth-order valence-electron chi connectivity index (χ4n) is 1.18. The van der Waals surface area contributed by atoms with Crippen LogP contribution in [0.1, 0.15) is 6.42 Å². The zero-order valence-electron chi connectivity index (χ0n) is 8.70. The number of hydrogen-bond acceptors (Lipinski definition) is 4. The van der Waals surface area contributed by atoms with Gasteiger partial charge in [-0.25, -0.2) is 0 Å². The Bertz CT molecular complexity index is 139. The van der Waals surface area contributed by atoms with Crippen LogP contribution in [0.5, 0.6) is 0 Å². The van der Waals surface area contributed by atoms with E-state index in [0.29, 0.717) is 16.9 Å². The maximum absolute atomic E-state index is 5.32. The third kappa shape index (κ3) is 2.89. The molecule has 0 N–H and O–H groups in total. The van der Waals surface area contributed by atoms with Crippen LogP contribution in [-0.4, -0.2) is 43.9 Å². The predicted molar refractivity (Wildman–Crippen MR) is 53.4 cm³/mol. The number of hydrogen-bond donors (Lipinski definition) is 0. The average Bonchev–Trinajstić information content (AvgIpc) is 2.19. The Morgan fingerprint density at radius 3 is 2.00 bits per heavy atom. The van der Waals surface area contributed by atoms with E-state index >= 15 is 0 Å². The number of rotatable bonds is 7. The van der Waals surface area contributed by atoms with E-state index in [1.165, 1.54) is 21.3 Å². The standard InChI is InChI=1S/C8H18O4Si/c1-5-6-7(12-13)8(9-2,10-3)11-4/h5,7H,1,6H2,2-4,13H3. The Labute approximate surface area is 82.4 Å². The monoisotopic (exact) mass is 206 g/mol. The SMILES string of the molecule is C=CCC(O[SiH3])C(OC)(OC)OC. The van der Waals surface area contributed by atoms with Gasteiger partial charge in [-0.15, -0.1) is 6.58 Å². The van der Waals surface area contributed by atoms with Crippen molar-refractivity contribution in [1.29, 1.82) is 0 Å². The Morgan fingerprint density at radius 2 is 1.77 bits per heavy atom. The molecule has 13 heavy (non-hydrogen) atoms. The molecule has 0 aromatic rings. The molecule has 0 radical (unpaired) electrons. The van der Waals surface area contributed by atoms with Gasteiger partial charge in [-0.2, -0.15) is 0 Å². The molecule has 0 aromatic heterocycles. The molecule has 1 unspecified atom stereocenters. The highest BCUT2D eigenvalue weighted by molar-refractivity contribution is 5.98. The van der Waals surface area contributed by atoms with Crippen molar-refractivity contribution in [3.8, 4) is 0 Å². The molecule has 4 nitrogen and oxygen atoms in total. The molecule has 0 saturated heterocycles. The third-order valence-corrected chi connectivity index (χ3v) is 2.48. The van der Waals surface area contributed by atoms with Gasteiger partial charge in [0.1, 0.15) is 16.6 Å². The third-order valence-electron chi connectivity index (χ3n) is 1.91. The van der Waals surface area contributed by atoms with Crippen LogP contribution >= 0.6 is 0 Å². The minimum absolute atomic E-state index is 0.267. The molecule has 0 heterocycles. The molecule has 0 aliphatic rings. The fourth-order valence-corrected chi connectivity index (χ4v) is 1.66. The zero-order valence-corrected chi connectivity index (χ0v) is 10.7. The summed E-state index contributed by atoms with van der Waals surface area (Å²) < 4.78 is 20.8. The van der Waals surface area contributed by atoms with E-state index < -0.39 is 5.97 Å². The summed E-state index contributed by atoms with van der Waals surface area (Å²) in [5.74, 6) is -1.12. The van der Waals surface area contributed by atoms with Gasteiger partial charge in [0.2, 0.25) is 0 Å². The van der Waals surface area contributed by atoms with Gasteiger partial charge in [0.05, 0.1) is 0 Å². The van der Waals surface area contributed by atoms with Gasteiger partial charge in [0.25, 0.3) is 0 Å². The lowest BCUT2D eigenvalue weighted by molar-refractivity contribution is -0.383. The van der Waals surface area contributed by atoms with Crippen molar-refractivity contribution in [3.63, 3.8) is 0 Å². The molecule has 0 aromatic carbocycles. The average molecular weight is 206 g/mol. The summed E-state index contributed by atoms with van der Waals surface area (Å²) in [6.45, 7) is 3.63. The number of ether oxygens (including phenoxy) is 3. The molecule has 78 valence electrons. The summed E-state index contributed by atoms with van der Waals surface area (Å²) in [7, 11) is 5.15. The Kier molecular flexibility index (Phi) is 6.18. The van der Waals surface area contributed by atoms with Crippen molar-refractivity contribution >= 4 is 10.5 Å². The maximum Gasteiger partial charge on any atom is 0.309 e. The second-order valence-corrected chi connectivity index (χ2v) is 2.94. The first-order valence-electron chi connectivity index (χ1n) is 3.99. The van der Waals surface area contributed by atoms with E-state index in [1.54, 1.807) is 6.08 Å². The Hall–Kier alpha value is -0.203. The largest absolute Gasteiger partial charge is 0.417 e. The molecule has 0 aliphatic heterocycles. The normalized spacial score (nSPS) is 14.4. The van der Waals surface area contributed by atoms with Crippen LogP contribution in [0.2, 0.25) is 0 Å². The molecular weight excluding hydrogens is 188 g/mol. The minimum atomic E-state index is -1.12. The Morgan fingerprint density at radius 1 is 1.31 bits per heavy atom. The fraction of sp³-hybridized carbons (Fsp3) is 0.750. The molecule has 0 saturated carbocycles. The van der Waals surface area contributed by atoms with Gasteiger partial charge in [0.15, 0.2) is 0 Å². The molecule has 5 heteroatoms. The highest BCUT2D eigenvalue weighted by Gasteiger charge is 2.39. The van der Waals surface area contributed by atoms with Crippen LogP contribution in [0.4, 0.5) is 0 Å². The first-order chi connectivity index (χ1) is 6.20. The molecule has 0 aliphatic carbocycles. The quantitative estimate of drug-likeness (QED) is 0.329. The molecular formula is C8H18O4Si. The topological polar surface area (TPSA) is 36.9 Å². The predicted octanol–water partition coefficient (Wildman–Crippen LogP) is -0.179. The summed E-state index contributed by atoms with van der Waals surface area (Å²) in [5.41, 5.74) is 0. The zero-order chi connectivity index (χ0) is 10.3. The van der Waals surface area contributed by atoms with Crippen LogP contribution in [0, 0.1) is 0 Å². The lowest BCUT2D eigenvalue weighted by Gasteiger charge is -2.35. The lowest BCUT2D eigenvalue weighted by Crippen LogP contribution is -2.48. The van der Waals surface area contributed by atoms with Crippen molar-refractivity contribution in [3.05, 3.63) is 12.7 Å². The van der Waals surface area contributed by atoms with Crippen molar-refractivity contribution < 1.29 is 18.6 Å². The molecule has 0 fully saturated rings. The second-order valence-electron chi connectivity index (χ2n) is 2.46. The minimum Gasteiger partial charge on any atom is -0.417 e. The van der Waals surface area contributed by atoms with E-state index in [-0.39, 0.29) is 6.10 Å². The van der Waals surface area contributed by atoms with E-state index in [9.17, 15) is 0 Å². The van der Waals surface area contributed by atoms with Crippen LogP contribution in [0.15, 0.2) is 12.7 Å². The van der Waals surface area contributed by atoms with Gasteiger partial charge in [0, 0.05) is 21.3 Å². The van der Waals surface area contributed by atoms with Crippen LogP contribution in [0.25, 0.3) is 0 Å². The van der Waals surface area contributed by atoms with Gasteiger partial charge < -0.3 is 18.6 Å². The molecule has 0 amide bonds. The smallest absolute Gasteiger partial charge is 0.309 e. The highest BCUT2D eigenvalue weighted by atomic mass is 28.2. The molecule has 0 rings (SSSR count). The van der Waals surface area contributed by atoms with Gasteiger partial charge in [-0.1, -0.05) is 6.08 Å². The van der Waals surface area contributed by atoms with Crippen molar-refractivity contribution in [2.24, 2.45) is 0 Å². The second kappa shape index (κ2) is 6.28. The van der Waals surface area contributed by atoms with E-state index in [1.807, 2.05) is 0 Å². The molecule has 0 bridgehead atoms. The van der Waals surface area contributed by atoms with Gasteiger partial charge in [-0.3, -0.25) is 0 Å². The molecule has 0 spiro atoms. The van der Waals surface area contributed by atoms with Crippen LogP contribution in [0.3, 0.4) is 0 Å². The van der Waals surface area contributed by atoms with Crippen LogP contribution < -0.4 is 0 Å². The first-order valence-corrected chi connectivity index (χ1v) is 4.81. The van der Waals surface area contributed by atoms with Crippen molar-refractivity contribution in [2.75, 3.05) is 21.3 Å².